The Kier molecular flexibility index (Phi) is 4.01. The summed E-state index contributed by atoms with van der Waals surface area (Å²) in [6.07, 6.45) is 10.7. The third-order valence-corrected chi connectivity index (χ3v) is 4.47. The molecule has 3 heterocycles. The summed E-state index contributed by atoms with van der Waals surface area (Å²) in [5, 5.41) is 0. The van der Waals surface area contributed by atoms with Crippen molar-refractivity contribution < 1.29 is 4.79 Å². The summed E-state index contributed by atoms with van der Waals surface area (Å²) >= 11 is 0. The van der Waals surface area contributed by atoms with Gasteiger partial charge in [0.1, 0.15) is 12.1 Å². The highest BCUT2D eigenvalue weighted by Gasteiger charge is 2.37. The van der Waals surface area contributed by atoms with Gasteiger partial charge in [-0.25, -0.2) is 9.97 Å². The molecule has 0 saturated heterocycles. The van der Waals surface area contributed by atoms with E-state index in [0.29, 0.717) is 11.4 Å². The van der Waals surface area contributed by atoms with Crippen LogP contribution in [0.3, 0.4) is 0 Å². The molecule has 1 atom stereocenters. The molecule has 0 N–H and O–H groups in total. The summed E-state index contributed by atoms with van der Waals surface area (Å²) < 4.78 is 1.79. The number of hydrogen-bond donors (Lipinski definition) is 0. The molecule has 0 aromatic carbocycles. The Morgan fingerprint density at radius 3 is 2.76 bits per heavy atom. The average molecular weight is 333 g/mol. The second kappa shape index (κ2) is 6.47. The van der Waals surface area contributed by atoms with Crippen molar-refractivity contribution in [2.45, 2.75) is 31.8 Å². The first-order chi connectivity index (χ1) is 12.2. The smallest absolute Gasteiger partial charge is 0.254 e. The summed E-state index contributed by atoms with van der Waals surface area (Å²) in [4.78, 5) is 27.9. The first-order valence-electron chi connectivity index (χ1n) is 8.42. The fraction of sp³-hybridized carbons (Fsp3) is 0.263. The van der Waals surface area contributed by atoms with Gasteiger partial charge in [-0.05, 0) is 44.0 Å². The van der Waals surface area contributed by atoms with Crippen LogP contribution in [-0.4, -0.2) is 36.4 Å². The van der Waals surface area contributed by atoms with Gasteiger partial charge in [-0.3, -0.25) is 14.3 Å². The van der Waals surface area contributed by atoms with Crippen LogP contribution in [0.2, 0.25) is 0 Å². The number of hydrogen-bond acceptors (Lipinski definition) is 4. The zero-order valence-corrected chi connectivity index (χ0v) is 14.0. The van der Waals surface area contributed by atoms with Crippen LogP contribution in [0.4, 0.5) is 0 Å². The fourth-order valence-electron chi connectivity index (χ4n) is 3.01. The van der Waals surface area contributed by atoms with Gasteiger partial charge in [0.2, 0.25) is 0 Å². The van der Waals surface area contributed by atoms with E-state index in [1.807, 2.05) is 42.3 Å². The summed E-state index contributed by atoms with van der Waals surface area (Å²) in [5.41, 5.74) is 1.54. The summed E-state index contributed by atoms with van der Waals surface area (Å²) in [5.74, 6) is 0.703. The van der Waals surface area contributed by atoms with Crippen molar-refractivity contribution in [3.63, 3.8) is 0 Å². The zero-order valence-electron chi connectivity index (χ0n) is 14.0. The van der Waals surface area contributed by atoms with E-state index < -0.39 is 0 Å². The predicted octanol–water partition coefficient (Wildman–Crippen LogP) is 3.03. The molecule has 3 aromatic rings. The van der Waals surface area contributed by atoms with E-state index in [1.165, 1.54) is 0 Å². The standard InChI is InChI=1S/C19H19N5O/c1-14(17-4-2-3-8-21-17)24(16-5-6-16)19(25)15-7-9-22-18(12-15)23-11-10-20-13-23/h2-4,7-14,16H,5-6H2,1H3. The van der Waals surface area contributed by atoms with Gasteiger partial charge in [0.05, 0.1) is 11.7 Å². The Labute approximate surface area is 146 Å². The van der Waals surface area contributed by atoms with Crippen LogP contribution in [0.1, 0.15) is 41.9 Å². The van der Waals surface area contributed by atoms with E-state index in [2.05, 4.69) is 15.0 Å². The number of rotatable bonds is 5. The van der Waals surface area contributed by atoms with E-state index in [9.17, 15) is 4.79 Å². The van der Waals surface area contributed by atoms with Crippen LogP contribution in [0.25, 0.3) is 5.82 Å². The van der Waals surface area contributed by atoms with Crippen LogP contribution < -0.4 is 0 Å². The second-order valence-electron chi connectivity index (χ2n) is 6.25. The predicted molar refractivity (Wildman–Crippen MR) is 93.2 cm³/mol. The van der Waals surface area contributed by atoms with E-state index >= 15 is 0 Å². The average Bonchev–Trinajstić information content (AvgIpc) is 3.34. The maximum Gasteiger partial charge on any atom is 0.254 e. The lowest BCUT2D eigenvalue weighted by Crippen LogP contribution is -2.36. The Bertz CT molecular complexity index is 859. The zero-order chi connectivity index (χ0) is 17.2. The van der Waals surface area contributed by atoms with Crippen molar-refractivity contribution in [1.29, 1.82) is 0 Å². The molecule has 1 aliphatic rings. The maximum absolute atomic E-state index is 13.2. The van der Waals surface area contributed by atoms with Gasteiger partial charge in [-0.2, -0.15) is 0 Å². The molecule has 4 rings (SSSR count). The van der Waals surface area contributed by atoms with Crippen LogP contribution >= 0.6 is 0 Å². The van der Waals surface area contributed by atoms with Crippen molar-refractivity contribution in [2.24, 2.45) is 0 Å². The minimum Gasteiger partial charge on any atom is -0.327 e. The van der Waals surface area contributed by atoms with Gasteiger partial charge in [0.25, 0.3) is 5.91 Å². The molecule has 3 aromatic heterocycles. The number of carbonyl (C=O) groups is 1. The minimum atomic E-state index is -0.0638. The van der Waals surface area contributed by atoms with E-state index in [1.54, 1.807) is 35.6 Å². The lowest BCUT2D eigenvalue weighted by atomic mass is 10.1. The second-order valence-corrected chi connectivity index (χ2v) is 6.25. The third kappa shape index (κ3) is 3.15. The van der Waals surface area contributed by atoms with Crippen molar-refractivity contribution in [2.75, 3.05) is 0 Å². The fourth-order valence-corrected chi connectivity index (χ4v) is 3.01. The molecule has 0 aliphatic heterocycles. The quantitative estimate of drug-likeness (QED) is 0.720. The van der Waals surface area contributed by atoms with E-state index in [-0.39, 0.29) is 18.0 Å². The molecule has 25 heavy (non-hydrogen) atoms. The van der Waals surface area contributed by atoms with Crippen molar-refractivity contribution >= 4 is 5.91 Å². The number of amides is 1. The molecule has 1 amide bonds. The number of aromatic nitrogens is 4. The van der Waals surface area contributed by atoms with Crippen LogP contribution in [0, 0.1) is 0 Å². The normalized spacial score (nSPS) is 14.9. The number of carbonyl (C=O) groups excluding carboxylic acids is 1. The molecule has 126 valence electrons. The Morgan fingerprint density at radius 2 is 2.08 bits per heavy atom. The van der Waals surface area contributed by atoms with Gasteiger partial charge in [-0.1, -0.05) is 6.07 Å². The molecular formula is C19H19N5O. The first kappa shape index (κ1) is 15.5. The van der Waals surface area contributed by atoms with Crippen molar-refractivity contribution in [1.82, 2.24) is 24.4 Å². The SMILES string of the molecule is CC(c1ccccn1)N(C(=O)c1ccnc(-n2ccnc2)c1)C1CC1. The van der Waals surface area contributed by atoms with Crippen LogP contribution in [0.5, 0.6) is 0 Å². The number of imidazole rings is 1. The lowest BCUT2D eigenvalue weighted by molar-refractivity contribution is 0.0670. The van der Waals surface area contributed by atoms with Gasteiger partial charge in [-0.15, -0.1) is 0 Å². The molecule has 6 nitrogen and oxygen atoms in total. The third-order valence-electron chi connectivity index (χ3n) is 4.47. The van der Waals surface area contributed by atoms with Gasteiger partial charge in [0, 0.05) is 36.4 Å². The molecule has 0 bridgehead atoms. The number of pyridine rings is 2. The molecule has 1 unspecified atom stereocenters. The number of nitrogens with zero attached hydrogens (tertiary/aromatic N) is 5. The van der Waals surface area contributed by atoms with Crippen LogP contribution in [-0.2, 0) is 0 Å². The highest BCUT2D eigenvalue weighted by Crippen LogP contribution is 2.35. The van der Waals surface area contributed by atoms with Gasteiger partial charge < -0.3 is 4.90 Å². The molecule has 1 saturated carbocycles. The highest BCUT2D eigenvalue weighted by atomic mass is 16.2. The van der Waals surface area contributed by atoms with E-state index in [0.717, 1.165) is 18.5 Å². The summed E-state index contributed by atoms with van der Waals surface area (Å²) in [7, 11) is 0. The summed E-state index contributed by atoms with van der Waals surface area (Å²) in [6, 6.07) is 9.61. The topological polar surface area (TPSA) is 63.9 Å². The molecular weight excluding hydrogens is 314 g/mol. The molecule has 1 fully saturated rings. The van der Waals surface area contributed by atoms with Gasteiger partial charge in [0.15, 0.2) is 0 Å². The Morgan fingerprint density at radius 1 is 1.20 bits per heavy atom. The molecule has 1 aliphatic carbocycles. The monoisotopic (exact) mass is 333 g/mol. The first-order valence-corrected chi connectivity index (χ1v) is 8.42. The molecule has 0 radical (unpaired) electrons. The minimum absolute atomic E-state index is 0.0180. The maximum atomic E-state index is 13.2. The highest BCUT2D eigenvalue weighted by molar-refractivity contribution is 5.95. The van der Waals surface area contributed by atoms with Crippen LogP contribution in [0.15, 0.2) is 61.4 Å². The van der Waals surface area contributed by atoms with Gasteiger partial charge >= 0.3 is 0 Å². The Hall–Kier alpha value is -3.02. The van der Waals surface area contributed by atoms with Crippen molar-refractivity contribution in [3.05, 3.63) is 72.7 Å². The largest absolute Gasteiger partial charge is 0.327 e. The summed E-state index contributed by atoms with van der Waals surface area (Å²) in [6.45, 7) is 2.04. The van der Waals surface area contributed by atoms with E-state index in [4.69, 9.17) is 0 Å². The Balaban J connectivity index is 1.65. The molecule has 6 heteroatoms. The molecule has 0 spiro atoms. The van der Waals surface area contributed by atoms with Crippen molar-refractivity contribution in [3.8, 4) is 5.82 Å². The lowest BCUT2D eigenvalue weighted by Gasteiger charge is -2.29.